The van der Waals surface area contributed by atoms with Crippen LogP contribution in [0.2, 0.25) is 5.02 Å². The first kappa shape index (κ1) is 20.2. The van der Waals surface area contributed by atoms with E-state index in [0.717, 1.165) is 5.56 Å². The Kier molecular flexibility index (Phi) is 6.99. The number of nitrogens with zero attached hydrogens (tertiary/aromatic N) is 3. The largest absolute Gasteiger partial charge is 0.379 e. The summed E-state index contributed by atoms with van der Waals surface area (Å²) in [5, 5.41) is 11.0. The molecule has 2 aromatic rings. The Morgan fingerprint density at radius 2 is 2.12 bits per heavy atom. The third kappa shape index (κ3) is 5.71. The molecule has 0 bridgehead atoms. The van der Waals surface area contributed by atoms with Crippen LogP contribution in [0.15, 0.2) is 33.8 Å². The Balaban J connectivity index is 1.91. The molecule has 0 saturated carbocycles. The van der Waals surface area contributed by atoms with Gasteiger partial charge in [0.1, 0.15) is 0 Å². The first-order chi connectivity index (χ1) is 12.3. The number of aromatic nitrogens is 2. The molecule has 142 valence electrons. The zero-order chi connectivity index (χ0) is 19.2. The molecular weight excluding hydrogens is 354 g/mol. The summed E-state index contributed by atoms with van der Waals surface area (Å²) in [6.45, 7) is 7.40. The van der Waals surface area contributed by atoms with Crippen molar-refractivity contribution in [1.29, 1.82) is 0 Å². The Bertz CT molecular complexity index is 739. The highest BCUT2D eigenvalue weighted by molar-refractivity contribution is 6.30. The third-order valence-corrected chi connectivity index (χ3v) is 4.12. The van der Waals surface area contributed by atoms with E-state index >= 15 is 0 Å². The molecule has 0 aliphatic carbocycles. The number of halogens is 1. The average Bonchev–Trinajstić information content (AvgIpc) is 3.06. The van der Waals surface area contributed by atoms with Crippen molar-refractivity contribution in [1.82, 2.24) is 20.8 Å². The van der Waals surface area contributed by atoms with Crippen LogP contribution in [0, 0.1) is 5.41 Å². The van der Waals surface area contributed by atoms with E-state index in [1.165, 1.54) is 0 Å². The van der Waals surface area contributed by atoms with Crippen LogP contribution in [-0.2, 0) is 11.3 Å². The summed E-state index contributed by atoms with van der Waals surface area (Å²) >= 11 is 5.99. The van der Waals surface area contributed by atoms with Crippen molar-refractivity contribution in [2.75, 3.05) is 20.7 Å². The highest BCUT2D eigenvalue weighted by Gasteiger charge is 2.24. The number of aliphatic imine (C=N–C) groups is 1. The van der Waals surface area contributed by atoms with Gasteiger partial charge in [0.05, 0.1) is 12.6 Å². The summed E-state index contributed by atoms with van der Waals surface area (Å²) in [5.74, 6) is 1.60. The van der Waals surface area contributed by atoms with Gasteiger partial charge in [0, 0.05) is 31.3 Å². The quantitative estimate of drug-likeness (QED) is 0.592. The maximum Gasteiger partial charge on any atom is 0.246 e. The molecule has 26 heavy (non-hydrogen) atoms. The Labute approximate surface area is 159 Å². The van der Waals surface area contributed by atoms with E-state index in [9.17, 15) is 0 Å². The lowest BCUT2D eigenvalue weighted by molar-refractivity contribution is 0.0205. The van der Waals surface area contributed by atoms with Gasteiger partial charge in [0.15, 0.2) is 5.96 Å². The number of rotatable bonds is 6. The fourth-order valence-corrected chi connectivity index (χ4v) is 2.57. The maximum atomic E-state index is 5.99. The Morgan fingerprint density at radius 1 is 1.35 bits per heavy atom. The van der Waals surface area contributed by atoms with Gasteiger partial charge in [0.25, 0.3) is 0 Å². The number of nitrogens with one attached hydrogen (secondary N) is 2. The van der Waals surface area contributed by atoms with E-state index in [1.54, 1.807) is 26.3 Å². The topological polar surface area (TPSA) is 84.6 Å². The zero-order valence-electron chi connectivity index (χ0n) is 15.8. The second kappa shape index (κ2) is 9.00. The lowest BCUT2D eigenvalue weighted by Crippen LogP contribution is -2.45. The van der Waals surface area contributed by atoms with E-state index in [1.807, 2.05) is 12.1 Å². The summed E-state index contributed by atoms with van der Waals surface area (Å²) in [5.41, 5.74) is 0.835. The van der Waals surface area contributed by atoms with Gasteiger partial charge in [-0.05, 0) is 17.5 Å². The predicted octanol–water partition coefficient (Wildman–Crippen LogP) is 3.12. The molecule has 1 heterocycles. The molecule has 0 aliphatic rings. The summed E-state index contributed by atoms with van der Waals surface area (Å²) < 4.78 is 10.8. The molecule has 1 atom stereocenters. The van der Waals surface area contributed by atoms with Gasteiger partial charge >= 0.3 is 0 Å². The van der Waals surface area contributed by atoms with Crippen LogP contribution in [0.3, 0.4) is 0 Å². The minimum atomic E-state index is 0.0267. The molecular formula is C18H26ClN5O2. The lowest BCUT2D eigenvalue weighted by Gasteiger charge is -2.29. The first-order valence-electron chi connectivity index (χ1n) is 8.39. The lowest BCUT2D eigenvalue weighted by atomic mass is 9.89. The van der Waals surface area contributed by atoms with E-state index in [-0.39, 0.29) is 11.5 Å². The van der Waals surface area contributed by atoms with Gasteiger partial charge < -0.3 is 19.9 Å². The fourth-order valence-electron chi connectivity index (χ4n) is 2.38. The van der Waals surface area contributed by atoms with Gasteiger partial charge in [-0.15, -0.1) is 0 Å². The molecule has 0 radical (unpaired) electrons. The molecule has 0 spiro atoms. The van der Waals surface area contributed by atoms with Crippen LogP contribution >= 0.6 is 11.6 Å². The number of guanidine groups is 1. The maximum absolute atomic E-state index is 5.99. The molecule has 1 aromatic carbocycles. The van der Waals surface area contributed by atoms with Crippen molar-refractivity contribution >= 4 is 17.6 Å². The normalized spacial score (nSPS) is 13.5. The van der Waals surface area contributed by atoms with Crippen molar-refractivity contribution in [2.45, 2.75) is 33.4 Å². The predicted molar refractivity (Wildman–Crippen MR) is 103 cm³/mol. The smallest absolute Gasteiger partial charge is 0.246 e. The summed E-state index contributed by atoms with van der Waals surface area (Å²) in [6.07, 6.45) is 0.0545. The number of hydrogen-bond donors (Lipinski definition) is 2. The number of benzene rings is 1. The Morgan fingerprint density at radius 3 is 2.73 bits per heavy atom. The van der Waals surface area contributed by atoms with E-state index in [4.69, 9.17) is 20.9 Å². The number of ether oxygens (including phenoxy) is 1. The fraction of sp³-hybridized carbons (Fsp3) is 0.500. The molecule has 2 rings (SSSR count). The first-order valence-corrected chi connectivity index (χ1v) is 8.77. The van der Waals surface area contributed by atoms with E-state index in [0.29, 0.717) is 35.8 Å². The SMILES string of the molecule is CN=C(NCc1nc(-c2cccc(Cl)c2)no1)NCC(OC)C(C)(C)C. The molecule has 2 N–H and O–H groups in total. The number of methoxy groups -OCH3 is 1. The highest BCUT2D eigenvalue weighted by Crippen LogP contribution is 2.21. The zero-order valence-corrected chi connectivity index (χ0v) is 16.6. The molecule has 0 amide bonds. The van der Waals surface area contributed by atoms with Crippen molar-refractivity contribution in [3.05, 3.63) is 35.2 Å². The van der Waals surface area contributed by atoms with Crippen LogP contribution in [0.25, 0.3) is 11.4 Å². The standard InChI is InChI=1S/C18H26ClN5O2/c1-18(2,3)14(25-5)10-21-17(20-4)22-11-15-23-16(24-26-15)12-7-6-8-13(19)9-12/h6-9,14H,10-11H2,1-5H3,(H2,20,21,22). The van der Waals surface area contributed by atoms with Crippen LogP contribution in [0.1, 0.15) is 26.7 Å². The third-order valence-electron chi connectivity index (χ3n) is 3.89. The highest BCUT2D eigenvalue weighted by atomic mass is 35.5. The van der Waals surface area contributed by atoms with Crippen LogP contribution < -0.4 is 10.6 Å². The minimum Gasteiger partial charge on any atom is -0.379 e. The van der Waals surface area contributed by atoms with Crippen LogP contribution in [0.4, 0.5) is 0 Å². The Hall–Kier alpha value is -2.12. The van der Waals surface area contributed by atoms with E-state index in [2.05, 4.69) is 46.5 Å². The summed E-state index contributed by atoms with van der Waals surface area (Å²) in [7, 11) is 3.42. The van der Waals surface area contributed by atoms with Crippen LogP contribution in [-0.4, -0.2) is 42.9 Å². The van der Waals surface area contributed by atoms with Gasteiger partial charge in [0.2, 0.25) is 11.7 Å². The van der Waals surface area contributed by atoms with Gasteiger partial charge in [-0.25, -0.2) is 0 Å². The van der Waals surface area contributed by atoms with Crippen molar-refractivity contribution in [2.24, 2.45) is 10.4 Å². The molecule has 7 nitrogen and oxygen atoms in total. The monoisotopic (exact) mass is 379 g/mol. The van der Waals surface area contributed by atoms with E-state index < -0.39 is 0 Å². The number of hydrogen-bond acceptors (Lipinski definition) is 5. The molecule has 8 heteroatoms. The second-order valence-corrected chi connectivity index (χ2v) is 7.36. The van der Waals surface area contributed by atoms with Gasteiger partial charge in [-0.3, -0.25) is 4.99 Å². The second-order valence-electron chi connectivity index (χ2n) is 6.92. The van der Waals surface area contributed by atoms with Crippen LogP contribution in [0.5, 0.6) is 0 Å². The summed E-state index contributed by atoms with van der Waals surface area (Å²) in [4.78, 5) is 8.57. The van der Waals surface area contributed by atoms with Crippen molar-refractivity contribution in [3.8, 4) is 11.4 Å². The minimum absolute atomic E-state index is 0.0267. The molecule has 1 unspecified atom stereocenters. The van der Waals surface area contributed by atoms with Crippen molar-refractivity contribution in [3.63, 3.8) is 0 Å². The molecule has 0 saturated heterocycles. The molecule has 0 aliphatic heterocycles. The average molecular weight is 380 g/mol. The van der Waals surface area contributed by atoms with Gasteiger partial charge in [-0.1, -0.05) is 49.7 Å². The van der Waals surface area contributed by atoms with Crippen molar-refractivity contribution < 1.29 is 9.26 Å². The molecule has 0 fully saturated rings. The summed E-state index contributed by atoms with van der Waals surface area (Å²) in [6, 6.07) is 7.32. The molecule has 1 aromatic heterocycles. The van der Waals surface area contributed by atoms with Gasteiger partial charge in [-0.2, -0.15) is 4.98 Å².